The van der Waals surface area contributed by atoms with E-state index in [1.165, 1.54) is 5.56 Å². The van der Waals surface area contributed by atoms with Crippen molar-refractivity contribution in [2.24, 2.45) is 0 Å². The smallest absolute Gasteiger partial charge is 0.254 e. The molecule has 2 aliphatic rings. The Morgan fingerprint density at radius 2 is 2.09 bits per heavy atom. The Labute approximate surface area is 140 Å². The minimum atomic E-state index is 0.129. The van der Waals surface area contributed by atoms with Crippen LogP contribution in [0.3, 0.4) is 0 Å². The van der Waals surface area contributed by atoms with Gasteiger partial charge in [0.15, 0.2) is 0 Å². The van der Waals surface area contributed by atoms with Crippen molar-refractivity contribution in [3.8, 4) is 0 Å². The molecule has 4 rings (SSSR count). The minimum Gasteiger partial charge on any atom is -0.373 e. The molecule has 2 saturated heterocycles. The van der Waals surface area contributed by atoms with Gasteiger partial charge in [0.1, 0.15) is 0 Å². The number of carbonyl (C=O) groups is 1. The highest BCUT2D eigenvalue weighted by Crippen LogP contribution is 2.26. The monoisotopic (exact) mass is 328 g/mol. The number of benzene rings is 1. The van der Waals surface area contributed by atoms with Crippen LogP contribution in [-0.2, 0) is 11.3 Å². The molecule has 0 radical (unpaired) electrons. The molecular formula is C18H20N2O2S. The SMILES string of the molecule is O=C(c1ccsc1)N1C[C@H]2OCCN(Cc3ccccc3)[C@H]2C1. The number of morpholine rings is 1. The maximum absolute atomic E-state index is 12.6. The van der Waals surface area contributed by atoms with Crippen LogP contribution in [0.25, 0.3) is 0 Å². The molecule has 2 fully saturated rings. The van der Waals surface area contributed by atoms with Gasteiger partial charge in [0, 0.05) is 31.6 Å². The van der Waals surface area contributed by atoms with Crippen LogP contribution < -0.4 is 0 Å². The summed E-state index contributed by atoms with van der Waals surface area (Å²) >= 11 is 1.57. The first-order valence-electron chi connectivity index (χ1n) is 8.02. The van der Waals surface area contributed by atoms with Crippen LogP contribution in [0.5, 0.6) is 0 Å². The highest BCUT2D eigenvalue weighted by atomic mass is 32.1. The summed E-state index contributed by atoms with van der Waals surface area (Å²) in [5.41, 5.74) is 2.11. The van der Waals surface area contributed by atoms with E-state index in [9.17, 15) is 4.79 Å². The topological polar surface area (TPSA) is 32.8 Å². The Kier molecular flexibility index (Phi) is 4.16. The highest BCUT2D eigenvalue weighted by molar-refractivity contribution is 7.08. The van der Waals surface area contributed by atoms with Crippen LogP contribution in [0, 0.1) is 0 Å². The lowest BCUT2D eigenvalue weighted by Gasteiger charge is -2.36. The first-order chi connectivity index (χ1) is 11.3. The van der Waals surface area contributed by atoms with Gasteiger partial charge in [0.2, 0.25) is 0 Å². The predicted molar refractivity (Wildman–Crippen MR) is 90.6 cm³/mol. The zero-order chi connectivity index (χ0) is 15.6. The van der Waals surface area contributed by atoms with Gasteiger partial charge >= 0.3 is 0 Å². The molecule has 0 N–H and O–H groups in total. The third-order valence-electron chi connectivity index (χ3n) is 4.70. The largest absolute Gasteiger partial charge is 0.373 e. The molecule has 5 heteroatoms. The van der Waals surface area contributed by atoms with E-state index in [1.807, 2.05) is 27.8 Å². The first kappa shape index (κ1) is 14.9. The predicted octanol–water partition coefficient (Wildman–Crippen LogP) is 2.47. The summed E-state index contributed by atoms with van der Waals surface area (Å²) in [5, 5.41) is 3.88. The molecule has 1 aromatic carbocycles. The van der Waals surface area contributed by atoms with Gasteiger partial charge in [-0.1, -0.05) is 30.3 Å². The summed E-state index contributed by atoms with van der Waals surface area (Å²) in [4.78, 5) is 17.0. The molecule has 1 aromatic heterocycles. The second kappa shape index (κ2) is 6.43. The number of hydrogen-bond acceptors (Lipinski definition) is 4. The van der Waals surface area contributed by atoms with E-state index in [4.69, 9.17) is 4.74 Å². The zero-order valence-corrected chi connectivity index (χ0v) is 13.7. The highest BCUT2D eigenvalue weighted by Gasteiger charge is 2.41. The summed E-state index contributed by atoms with van der Waals surface area (Å²) in [7, 11) is 0. The number of rotatable bonds is 3. The van der Waals surface area contributed by atoms with E-state index >= 15 is 0 Å². The standard InChI is InChI=1S/C18H20N2O2S/c21-18(15-6-9-23-13-15)20-11-16-17(12-20)22-8-7-19(16)10-14-4-2-1-3-5-14/h1-6,9,13,16-17H,7-8,10-12H2/t16-,17+/m0/s1. The molecule has 120 valence electrons. The Bertz CT molecular complexity index is 659. The molecule has 0 bridgehead atoms. The fourth-order valence-corrected chi connectivity index (χ4v) is 4.14. The average molecular weight is 328 g/mol. The normalized spacial score (nSPS) is 24.6. The van der Waals surface area contributed by atoms with Crippen LogP contribution in [0.15, 0.2) is 47.2 Å². The lowest BCUT2D eigenvalue weighted by molar-refractivity contribution is -0.0503. The molecule has 2 aromatic rings. The summed E-state index contributed by atoms with van der Waals surface area (Å²) in [6, 6.07) is 12.7. The van der Waals surface area contributed by atoms with Crippen LogP contribution in [0.4, 0.5) is 0 Å². The van der Waals surface area contributed by atoms with Gasteiger partial charge in [-0.05, 0) is 17.0 Å². The molecule has 23 heavy (non-hydrogen) atoms. The van der Waals surface area contributed by atoms with Gasteiger partial charge in [-0.15, -0.1) is 0 Å². The van der Waals surface area contributed by atoms with Gasteiger partial charge in [0.25, 0.3) is 5.91 Å². The van der Waals surface area contributed by atoms with Crippen LogP contribution in [-0.4, -0.2) is 54.1 Å². The second-order valence-corrected chi connectivity index (χ2v) is 6.93. The third kappa shape index (κ3) is 3.04. The van der Waals surface area contributed by atoms with Crippen molar-refractivity contribution in [1.29, 1.82) is 0 Å². The van der Waals surface area contributed by atoms with Crippen LogP contribution in [0.1, 0.15) is 15.9 Å². The van der Waals surface area contributed by atoms with Gasteiger partial charge in [0.05, 0.1) is 24.3 Å². The Morgan fingerprint density at radius 1 is 1.22 bits per heavy atom. The fourth-order valence-electron chi connectivity index (χ4n) is 3.51. The zero-order valence-electron chi connectivity index (χ0n) is 12.9. The molecule has 0 spiro atoms. The number of ether oxygens (including phenoxy) is 1. The summed E-state index contributed by atoms with van der Waals surface area (Å²) in [5.74, 6) is 0.129. The summed E-state index contributed by atoms with van der Waals surface area (Å²) < 4.78 is 5.93. The van der Waals surface area contributed by atoms with Crippen molar-refractivity contribution < 1.29 is 9.53 Å². The fraction of sp³-hybridized carbons (Fsp3) is 0.389. The van der Waals surface area contributed by atoms with Crippen molar-refractivity contribution in [3.05, 3.63) is 58.3 Å². The van der Waals surface area contributed by atoms with E-state index in [0.29, 0.717) is 12.6 Å². The molecule has 0 aliphatic carbocycles. The molecule has 2 atom stereocenters. The first-order valence-corrected chi connectivity index (χ1v) is 8.96. The maximum atomic E-state index is 12.6. The molecule has 4 nitrogen and oxygen atoms in total. The van der Waals surface area contributed by atoms with Crippen LogP contribution in [0.2, 0.25) is 0 Å². The van der Waals surface area contributed by atoms with E-state index < -0.39 is 0 Å². The van der Waals surface area contributed by atoms with Crippen molar-refractivity contribution in [3.63, 3.8) is 0 Å². The van der Waals surface area contributed by atoms with Gasteiger partial charge in [-0.2, -0.15) is 11.3 Å². The number of hydrogen-bond donors (Lipinski definition) is 0. The average Bonchev–Trinajstić information content (AvgIpc) is 3.25. The minimum absolute atomic E-state index is 0.129. The number of amides is 1. The van der Waals surface area contributed by atoms with E-state index in [2.05, 4.69) is 29.2 Å². The van der Waals surface area contributed by atoms with Crippen molar-refractivity contribution in [2.45, 2.75) is 18.7 Å². The van der Waals surface area contributed by atoms with E-state index in [0.717, 1.165) is 31.8 Å². The number of fused-ring (bicyclic) bond motifs is 1. The van der Waals surface area contributed by atoms with E-state index in [-0.39, 0.29) is 12.0 Å². The number of carbonyl (C=O) groups excluding carboxylic acids is 1. The van der Waals surface area contributed by atoms with E-state index in [1.54, 1.807) is 11.3 Å². The molecule has 0 saturated carbocycles. The maximum Gasteiger partial charge on any atom is 0.254 e. The molecule has 3 heterocycles. The summed E-state index contributed by atoms with van der Waals surface area (Å²) in [6.45, 7) is 4.05. The number of nitrogens with zero attached hydrogens (tertiary/aromatic N) is 2. The Hall–Kier alpha value is -1.69. The van der Waals surface area contributed by atoms with Gasteiger partial charge in [-0.25, -0.2) is 0 Å². The second-order valence-electron chi connectivity index (χ2n) is 6.15. The van der Waals surface area contributed by atoms with Crippen LogP contribution >= 0.6 is 11.3 Å². The van der Waals surface area contributed by atoms with Crippen molar-refractivity contribution >= 4 is 17.2 Å². The number of thiophene rings is 1. The van der Waals surface area contributed by atoms with Crippen molar-refractivity contribution in [2.75, 3.05) is 26.2 Å². The summed E-state index contributed by atoms with van der Waals surface area (Å²) in [6.07, 6.45) is 0.134. The molecule has 0 unspecified atom stereocenters. The molecular weight excluding hydrogens is 308 g/mol. The Balaban J connectivity index is 1.47. The van der Waals surface area contributed by atoms with Gasteiger partial charge in [-0.3, -0.25) is 9.69 Å². The molecule has 2 aliphatic heterocycles. The molecule has 1 amide bonds. The lowest BCUT2D eigenvalue weighted by atomic mass is 10.1. The lowest BCUT2D eigenvalue weighted by Crippen LogP contribution is -2.50. The van der Waals surface area contributed by atoms with Crippen molar-refractivity contribution in [1.82, 2.24) is 9.80 Å². The number of likely N-dealkylation sites (tertiary alicyclic amines) is 1. The van der Waals surface area contributed by atoms with Gasteiger partial charge < -0.3 is 9.64 Å². The quantitative estimate of drug-likeness (QED) is 0.868. The Morgan fingerprint density at radius 3 is 2.87 bits per heavy atom. The third-order valence-corrected chi connectivity index (χ3v) is 5.38.